The van der Waals surface area contributed by atoms with Crippen LogP contribution in [-0.2, 0) is 22.4 Å². The summed E-state index contributed by atoms with van der Waals surface area (Å²) in [5.74, 6) is 1.07. The van der Waals surface area contributed by atoms with E-state index >= 15 is 0 Å². The largest absolute Gasteiger partial charge is 0.493 e. The topological polar surface area (TPSA) is 68.2 Å². The second-order valence-electron chi connectivity index (χ2n) is 10.1. The van der Waals surface area contributed by atoms with E-state index < -0.39 is 12.1 Å². The van der Waals surface area contributed by atoms with Gasteiger partial charge in [0.15, 0.2) is 17.6 Å². The predicted octanol–water partition coefficient (Wildman–Crippen LogP) is 5.60. The number of ether oxygens (including phenoxy) is 3. The SMILES string of the molecule is COc1ccc(CCN(C)CC[C@@H](OCC2CCc3cc(F)ccc3[C@@H]2C(C)C)C(=O)O)cc1OC.Cl. The van der Waals surface area contributed by atoms with Gasteiger partial charge in [-0.25, -0.2) is 9.18 Å². The average molecular weight is 538 g/mol. The summed E-state index contributed by atoms with van der Waals surface area (Å²) in [6.07, 6.45) is 2.04. The average Bonchev–Trinajstić information content (AvgIpc) is 2.86. The molecule has 0 amide bonds. The number of fused-ring (bicyclic) bond motifs is 1. The predicted molar refractivity (Wildman–Crippen MR) is 146 cm³/mol. The van der Waals surface area contributed by atoms with Crippen molar-refractivity contribution in [2.75, 3.05) is 41.0 Å². The third-order valence-electron chi connectivity index (χ3n) is 7.26. The second kappa shape index (κ2) is 14.6. The van der Waals surface area contributed by atoms with E-state index in [4.69, 9.17) is 14.2 Å². The summed E-state index contributed by atoms with van der Waals surface area (Å²) < 4.78 is 30.4. The molecule has 1 N–H and O–H groups in total. The number of carboxylic acids is 1. The van der Waals surface area contributed by atoms with Crippen LogP contribution >= 0.6 is 12.4 Å². The van der Waals surface area contributed by atoms with Crippen molar-refractivity contribution in [1.82, 2.24) is 4.90 Å². The quantitative estimate of drug-likeness (QED) is 0.359. The highest BCUT2D eigenvalue weighted by atomic mass is 35.5. The van der Waals surface area contributed by atoms with Crippen LogP contribution in [0.25, 0.3) is 0 Å². The monoisotopic (exact) mass is 537 g/mol. The van der Waals surface area contributed by atoms with Crippen molar-refractivity contribution in [3.63, 3.8) is 0 Å². The van der Waals surface area contributed by atoms with Crippen LogP contribution in [0.2, 0.25) is 0 Å². The minimum absolute atomic E-state index is 0. The number of carbonyl (C=O) groups is 1. The van der Waals surface area contributed by atoms with Crippen LogP contribution in [0, 0.1) is 17.7 Å². The van der Waals surface area contributed by atoms with Gasteiger partial charge in [0.05, 0.1) is 20.8 Å². The summed E-state index contributed by atoms with van der Waals surface area (Å²) in [6, 6.07) is 10.9. The van der Waals surface area contributed by atoms with Crippen molar-refractivity contribution in [3.8, 4) is 11.5 Å². The number of hydrogen-bond donors (Lipinski definition) is 1. The minimum Gasteiger partial charge on any atom is -0.493 e. The molecule has 1 unspecified atom stereocenters. The molecule has 6 nitrogen and oxygen atoms in total. The number of aliphatic carboxylic acids is 1. The van der Waals surface area contributed by atoms with Crippen LogP contribution < -0.4 is 9.47 Å². The lowest BCUT2D eigenvalue weighted by atomic mass is 9.70. The van der Waals surface area contributed by atoms with E-state index in [9.17, 15) is 14.3 Å². The van der Waals surface area contributed by atoms with Gasteiger partial charge in [0.25, 0.3) is 0 Å². The Labute approximate surface area is 226 Å². The van der Waals surface area contributed by atoms with E-state index in [2.05, 4.69) is 18.7 Å². The molecule has 2 aromatic carbocycles. The Bertz CT molecular complexity index is 1020. The number of benzene rings is 2. The highest BCUT2D eigenvalue weighted by Crippen LogP contribution is 2.41. The molecule has 0 aliphatic heterocycles. The van der Waals surface area contributed by atoms with Crippen LogP contribution in [0.5, 0.6) is 11.5 Å². The van der Waals surface area contributed by atoms with Crippen molar-refractivity contribution >= 4 is 18.4 Å². The highest BCUT2D eigenvalue weighted by Gasteiger charge is 2.33. The molecule has 2 aromatic rings. The maximum Gasteiger partial charge on any atom is 0.332 e. The van der Waals surface area contributed by atoms with Crippen molar-refractivity contribution in [2.24, 2.45) is 11.8 Å². The van der Waals surface area contributed by atoms with E-state index in [0.717, 1.165) is 36.9 Å². The summed E-state index contributed by atoms with van der Waals surface area (Å²) in [6.45, 7) is 6.13. The molecule has 37 heavy (non-hydrogen) atoms. The van der Waals surface area contributed by atoms with E-state index in [1.165, 1.54) is 11.6 Å². The number of aryl methyl sites for hydroxylation is 1. The fourth-order valence-corrected chi connectivity index (χ4v) is 5.30. The number of halogens is 2. The third kappa shape index (κ3) is 8.32. The van der Waals surface area contributed by atoms with Crippen LogP contribution in [0.1, 0.15) is 49.3 Å². The van der Waals surface area contributed by atoms with E-state index in [0.29, 0.717) is 37.0 Å². The van der Waals surface area contributed by atoms with Gasteiger partial charge in [-0.2, -0.15) is 0 Å². The summed E-state index contributed by atoms with van der Waals surface area (Å²) in [5, 5.41) is 9.78. The van der Waals surface area contributed by atoms with Crippen LogP contribution in [0.4, 0.5) is 4.39 Å². The van der Waals surface area contributed by atoms with Crippen molar-refractivity contribution in [2.45, 2.75) is 51.6 Å². The Hall–Kier alpha value is -2.35. The first-order valence-electron chi connectivity index (χ1n) is 12.8. The van der Waals surface area contributed by atoms with Crippen LogP contribution in [0.15, 0.2) is 36.4 Å². The van der Waals surface area contributed by atoms with Crippen molar-refractivity contribution < 1.29 is 28.5 Å². The van der Waals surface area contributed by atoms with Gasteiger partial charge in [-0.1, -0.05) is 26.0 Å². The molecule has 0 heterocycles. The zero-order valence-corrected chi connectivity index (χ0v) is 23.4. The van der Waals surface area contributed by atoms with Gasteiger partial charge in [-0.05, 0) is 91.4 Å². The third-order valence-corrected chi connectivity index (χ3v) is 7.26. The molecule has 0 radical (unpaired) electrons. The smallest absolute Gasteiger partial charge is 0.332 e. The molecule has 0 bridgehead atoms. The lowest BCUT2D eigenvalue weighted by Crippen LogP contribution is -2.34. The van der Waals surface area contributed by atoms with Crippen LogP contribution in [-0.4, -0.2) is 63.0 Å². The van der Waals surface area contributed by atoms with Gasteiger partial charge < -0.3 is 24.2 Å². The van der Waals surface area contributed by atoms with E-state index in [1.807, 2.05) is 31.3 Å². The Morgan fingerprint density at radius 3 is 2.49 bits per heavy atom. The molecular weight excluding hydrogens is 497 g/mol. The summed E-state index contributed by atoms with van der Waals surface area (Å²) in [4.78, 5) is 14.1. The molecule has 0 saturated heterocycles. The second-order valence-corrected chi connectivity index (χ2v) is 10.1. The minimum atomic E-state index is -0.928. The molecule has 1 aliphatic rings. The van der Waals surface area contributed by atoms with Gasteiger partial charge in [0.2, 0.25) is 0 Å². The molecule has 8 heteroatoms. The van der Waals surface area contributed by atoms with Gasteiger partial charge in [-0.3, -0.25) is 0 Å². The number of carboxylic acid groups (broad SMARTS) is 1. The number of nitrogens with zero attached hydrogens (tertiary/aromatic N) is 1. The van der Waals surface area contributed by atoms with Gasteiger partial charge in [-0.15, -0.1) is 12.4 Å². The first-order chi connectivity index (χ1) is 17.2. The lowest BCUT2D eigenvalue weighted by molar-refractivity contribution is -0.152. The molecule has 0 aromatic heterocycles. The molecular formula is C29H41ClFNO5. The Morgan fingerprint density at radius 1 is 1.11 bits per heavy atom. The van der Waals surface area contributed by atoms with E-state index in [-0.39, 0.29) is 30.1 Å². The first-order valence-corrected chi connectivity index (χ1v) is 12.8. The maximum atomic E-state index is 13.7. The lowest BCUT2D eigenvalue weighted by Gasteiger charge is -2.36. The number of likely N-dealkylation sites (N-methyl/N-ethyl adjacent to an activating group) is 1. The number of rotatable bonds is 13. The maximum absolute atomic E-state index is 13.7. The fourth-order valence-electron chi connectivity index (χ4n) is 5.30. The van der Waals surface area contributed by atoms with Gasteiger partial charge in [0.1, 0.15) is 5.82 Å². The Kier molecular flexibility index (Phi) is 12.1. The normalized spacial score (nSPS) is 17.7. The van der Waals surface area contributed by atoms with E-state index in [1.54, 1.807) is 20.3 Å². The standard InChI is InChI=1S/C29H40FNO5.ClH/c1-19(2)28-22(8-7-21-17-23(30)9-10-24(21)28)18-36-26(29(32)33)13-15-31(3)14-12-20-6-11-25(34-4)27(16-20)35-5;/h6,9-11,16-17,19,22,26,28H,7-8,12-15,18H2,1-5H3,(H,32,33);1H/t22?,26-,28-;/m1./s1. The van der Waals surface area contributed by atoms with Crippen molar-refractivity contribution in [1.29, 1.82) is 0 Å². The Morgan fingerprint density at radius 2 is 1.84 bits per heavy atom. The zero-order valence-electron chi connectivity index (χ0n) is 22.5. The zero-order chi connectivity index (χ0) is 26.2. The molecule has 3 atom stereocenters. The molecule has 3 rings (SSSR count). The molecule has 0 saturated carbocycles. The molecule has 0 fully saturated rings. The fraction of sp³-hybridized carbons (Fsp3) is 0.552. The highest BCUT2D eigenvalue weighted by molar-refractivity contribution is 5.85. The first kappa shape index (κ1) is 30.9. The molecule has 1 aliphatic carbocycles. The number of methoxy groups -OCH3 is 2. The van der Waals surface area contributed by atoms with Gasteiger partial charge >= 0.3 is 5.97 Å². The van der Waals surface area contributed by atoms with Gasteiger partial charge in [0, 0.05) is 13.1 Å². The summed E-state index contributed by atoms with van der Waals surface area (Å²) in [5.41, 5.74) is 3.37. The number of hydrogen-bond acceptors (Lipinski definition) is 5. The summed E-state index contributed by atoms with van der Waals surface area (Å²) >= 11 is 0. The van der Waals surface area contributed by atoms with Crippen molar-refractivity contribution in [3.05, 3.63) is 58.9 Å². The summed E-state index contributed by atoms with van der Waals surface area (Å²) in [7, 11) is 5.23. The van der Waals surface area contributed by atoms with Crippen LogP contribution in [0.3, 0.4) is 0 Å². The molecule has 206 valence electrons. The Balaban J connectivity index is 0.00000481. The molecule has 0 spiro atoms.